The van der Waals surface area contributed by atoms with E-state index in [0.717, 1.165) is 34.4 Å². The van der Waals surface area contributed by atoms with Crippen LogP contribution >= 0.6 is 0 Å². The van der Waals surface area contributed by atoms with Crippen molar-refractivity contribution in [2.45, 2.75) is 60.9 Å². The maximum Gasteiger partial charge on any atom is 0.223 e. The smallest absolute Gasteiger partial charge is 0.223 e. The van der Waals surface area contributed by atoms with Crippen LogP contribution in [0.5, 0.6) is 0 Å². The largest absolute Gasteiger partial charge is 0.496 e. The lowest BCUT2D eigenvalue weighted by molar-refractivity contribution is -0.132. The van der Waals surface area contributed by atoms with Crippen molar-refractivity contribution in [3.8, 4) is 0 Å². The predicted octanol–water partition coefficient (Wildman–Crippen LogP) is 7.75. The molecule has 186 valence electrons. The number of allylic oxidation sites excluding steroid dienone is 5. The van der Waals surface area contributed by atoms with Crippen LogP contribution in [0.15, 0.2) is 67.7 Å². The highest BCUT2D eigenvalue weighted by molar-refractivity contribution is 5.82. The number of amides is 1. The SMILES string of the molecule is C=C/C=C(\C(=C/C)OC)c1ccc(C(=C)O/C=C\C(C)CC)cc1CN(C)C(=O)CC(C)(C)C. The van der Waals surface area contributed by atoms with Crippen molar-refractivity contribution >= 4 is 17.2 Å². The lowest BCUT2D eigenvalue weighted by atomic mass is 9.91. The molecular weight excluding hydrogens is 422 g/mol. The Morgan fingerprint density at radius 2 is 1.94 bits per heavy atom. The molecule has 1 atom stereocenters. The van der Waals surface area contributed by atoms with Gasteiger partial charge >= 0.3 is 0 Å². The topological polar surface area (TPSA) is 38.8 Å². The van der Waals surface area contributed by atoms with Crippen molar-refractivity contribution in [1.29, 1.82) is 0 Å². The van der Waals surface area contributed by atoms with Gasteiger partial charge in [0.05, 0.1) is 13.4 Å². The van der Waals surface area contributed by atoms with Gasteiger partial charge in [0.15, 0.2) is 0 Å². The van der Waals surface area contributed by atoms with Crippen molar-refractivity contribution in [2.75, 3.05) is 14.2 Å². The molecule has 0 saturated heterocycles. The van der Waals surface area contributed by atoms with Gasteiger partial charge in [-0.15, -0.1) is 0 Å². The van der Waals surface area contributed by atoms with Crippen LogP contribution in [0.1, 0.15) is 71.1 Å². The fraction of sp³-hybridized carbons (Fsp3) is 0.433. The Kier molecular flexibility index (Phi) is 11.6. The number of hydrogen-bond acceptors (Lipinski definition) is 3. The lowest BCUT2D eigenvalue weighted by Gasteiger charge is -2.25. The van der Waals surface area contributed by atoms with Crippen LogP contribution in [0.3, 0.4) is 0 Å². The molecule has 0 aliphatic heterocycles. The first-order chi connectivity index (χ1) is 16.0. The summed E-state index contributed by atoms with van der Waals surface area (Å²) < 4.78 is 11.4. The predicted molar refractivity (Wildman–Crippen MR) is 145 cm³/mol. The van der Waals surface area contributed by atoms with Gasteiger partial charge in [-0.1, -0.05) is 72.1 Å². The second kappa shape index (κ2) is 13.6. The number of ether oxygens (including phenoxy) is 2. The van der Waals surface area contributed by atoms with Crippen LogP contribution in [-0.4, -0.2) is 25.0 Å². The standard InChI is InChI=1S/C30H43NO3/c1-11-14-27(28(13-3)33-10)26-16-15-24(23(5)34-18-17-22(4)12-2)19-25(26)21-31(9)29(32)20-30(6,7)8/h11,13-19,22H,1,5,12,20-21H2,2-4,6-10H3/b18-17-,27-14-,28-13+. The van der Waals surface area contributed by atoms with Crippen LogP contribution in [0, 0.1) is 11.3 Å². The van der Waals surface area contributed by atoms with Gasteiger partial charge in [0.1, 0.15) is 11.5 Å². The molecule has 1 aromatic carbocycles. The minimum atomic E-state index is -0.0812. The van der Waals surface area contributed by atoms with Gasteiger partial charge in [-0.05, 0) is 54.0 Å². The quantitative estimate of drug-likeness (QED) is 0.234. The zero-order valence-electron chi connectivity index (χ0n) is 22.4. The van der Waals surface area contributed by atoms with Crippen LogP contribution in [-0.2, 0) is 20.8 Å². The monoisotopic (exact) mass is 465 g/mol. The van der Waals surface area contributed by atoms with E-state index in [1.165, 1.54) is 0 Å². The highest BCUT2D eigenvalue weighted by Gasteiger charge is 2.21. The fourth-order valence-corrected chi connectivity index (χ4v) is 3.36. The molecule has 0 aliphatic carbocycles. The number of rotatable bonds is 12. The number of hydrogen-bond donors (Lipinski definition) is 0. The van der Waals surface area contributed by atoms with Gasteiger partial charge in [0.25, 0.3) is 0 Å². The maximum atomic E-state index is 12.9. The van der Waals surface area contributed by atoms with Crippen LogP contribution in [0.25, 0.3) is 11.3 Å². The molecule has 0 heterocycles. The molecular formula is C30H43NO3. The van der Waals surface area contributed by atoms with E-state index in [4.69, 9.17) is 9.47 Å². The number of methoxy groups -OCH3 is 1. The van der Waals surface area contributed by atoms with Crippen molar-refractivity contribution in [3.63, 3.8) is 0 Å². The Morgan fingerprint density at radius 1 is 1.26 bits per heavy atom. The molecule has 1 amide bonds. The average Bonchev–Trinajstić information content (AvgIpc) is 2.77. The van der Waals surface area contributed by atoms with Gasteiger partial charge in [-0.3, -0.25) is 4.79 Å². The summed E-state index contributed by atoms with van der Waals surface area (Å²) in [7, 11) is 3.49. The molecule has 0 saturated carbocycles. The van der Waals surface area contributed by atoms with Crippen molar-refractivity contribution in [3.05, 3.63) is 84.4 Å². The minimum absolute atomic E-state index is 0.0812. The lowest BCUT2D eigenvalue weighted by Crippen LogP contribution is -2.30. The molecule has 0 N–H and O–H groups in total. The molecule has 1 rings (SSSR count). The minimum Gasteiger partial charge on any atom is -0.496 e. The first-order valence-electron chi connectivity index (χ1n) is 11.9. The van der Waals surface area contributed by atoms with Gasteiger partial charge in [-0.2, -0.15) is 0 Å². The summed E-state index contributed by atoms with van der Waals surface area (Å²) in [6.45, 7) is 20.9. The molecule has 0 aromatic heterocycles. The van der Waals surface area contributed by atoms with Crippen LogP contribution < -0.4 is 0 Å². The molecule has 0 aliphatic rings. The Morgan fingerprint density at radius 3 is 2.47 bits per heavy atom. The summed E-state index contributed by atoms with van der Waals surface area (Å²) in [5.74, 6) is 1.84. The van der Waals surface area contributed by atoms with E-state index in [9.17, 15) is 4.79 Å². The summed E-state index contributed by atoms with van der Waals surface area (Å²) in [5, 5.41) is 0. The molecule has 4 heteroatoms. The second-order valence-electron chi connectivity index (χ2n) is 9.79. The van der Waals surface area contributed by atoms with Crippen molar-refractivity contribution < 1.29 is 14.3 Å². The molecule has 1 unspecified atom stereocenters. The van der Waals surface area contributed by atoms with E-state index >= 15 is 0 Å². The third-order valence-electron chi connectivity index (χ3n) is 5.53. The van der Waals surface area contributed by atoms with E-state index in [1.54, 1.807) is 24.3 Å². The number of carbonyl (C=O) groups is 1. The highest BCUT2D eigenvalue weighted by atomic mass is 16.5. The van der Waals surface area contributed by atoms with E-state index in [0.29, 0.717) is 24.6 Å². The molecule has 34 heavy (non-hydrogen) atoms. The van der Waals surface area contributed by atoms with Crippen molar-refractivity contribution in [2.24, 2.45) is 11.3 Å². The Labute approximate surface area is 207 Å². The molecule has 4 nitrogen and oxygen atoms in total. The first-order valence-corrected chi connectivity index (χ1v) is 11.9. The highest BCUT2D eigenvalue weighted by Crippen LogP contribution is 2.31. The molecule has 0 spiro atoms. The third kappa shape index (κ3) is 9.09. The van der Waals surface area contributed by atoms with Gasteiger partial charge in [0, 0.05) is 31.1 Å². The number of nitrogens with zero attached hydrogens (tertiary/aromatic N) is 1. The molecule has 0 bridgehead atoms. The molecule has 0 fully saturated rings. The fourth-order valence-electron chi connectivity index (χ4n) is 3.36. The van der Waals surface area contributed by atoms with E-state index < -0.39 is 0 Å². The number of benzene rings is 1. The summed E-state index contributed by atoms with van der Waals surface area (Å²) >= 11 is 0. The molecule has 0 radical (unpaired) electrons. The van der Waals surface area contributed by atoms with Gasteiger partial charge in [-0.25, -0.2) is 0 Å². The first kappa shape index (κ1) is 29.0. The van der Waals surface area contributed by atoms with Crippen molar-refractivity contribution in [1.82, 2.24) is 4.90 Å². The van der Waals surface area contributed by atoms with E-state index in [-0.39, 0.29) is 11.3 Å². The third-order valence-corrected chi connectivity index (χ3v) is 5.53. The van der Waals surface area contributed by atoms with Crippen LogP contribution in [0.2, 0.25) is 0 Å². The van der Waals surface area contributed by atoms with Crippen LogP contribution in [0.4, 0.5) is 0 Å². The zero-order valence-corrected chi connectivity index (χ0v) is 22.4. The maximum absolute atomic E-state index is 12.9. The summed E-state index contributed by atoms with van der Waals surface area (Å²) in [4.78, 5) is 14.6. The zero-order chi connectivity index (χ0) is 25.9. The Bertz CT molecular complexity index is 944. The number of carbonyl (C=O) groups excluding carboxylic acids is 1. The van der Waals surface area contributed by atoms with E-state index in [2.05, 4.69) is 47.8 Å². The second-order valence-corrected chi connectivity index (χ2v) is 9.79. The Balaban J connectivity index is 3.44. The normalized spacial score (nSPS) is 13.5. The van der Waals surface area contributed by atoms with E-state index in [1.807, 2.05) is 50.4 Å². The van der Waals surface area contributed by atoms with Gasteiger partial charge in [0.2, 0.25) is 5.91 Å². The summed E-state index contributed by atoms with van der Waals surface area (Å²) in [6.07, 6.45) is 10.8. The van der Waals surface area contributed by atoms with Gasteiger partial charge < -0.3 is 14.4 Å². The summed E-state index contributed by atoms with van der Waals surface area (Å²) in [5.41, 5.74) is 3.63. The average molecular weight is 466 g/mol. The Hall–Kier alpha value is -3.01. The molecule has 1 aromatic rings. The summed E-state index contributed by atoms with van der Waals surface area (Å²) in [6, 6.07) is 6.04.